The first-order valence-corrected chi connectivity index (χ1v) is 17.6. The van der Waals surface area contributed by atoms with E-state index in [0.29, 0.717) is 40.1 Å². The van der Waals surface area contributed by atoms with Gasteiger partial charge in [0, 0.05) is 5.56 Å². The Morgan fingerprint density at radius 2 is 1.57 bits per heavy atom. The molecule has 0 saturated heterocycles. The van der Waals surface area contributed by atoms with Crippen molar-refractivity contribution in [1.82, 2.24) is 19.8 Å². The molecule has 0 aliphatic rings. The highest BCUT2D eigenvalue weighted by molar-refractivity contribution is 7.82. The van der Waals surface area contributed by atoms with Crippen molar-refractivity contribution >= 4 is 40.2 Å². The molecule has 46 heavy (non-hydrogen) atoms. The molecule has 0 radical (unpaired) electrons. The average molecular weight is 672 g/mol. The Labute approximate surface area is 279 Å². The number of carbonyl (C=O) groups is 1. The van der Waals surface area contributed by atoms with Crippen LogP contribution in [0.25, 0.3) is 17.0 Å². The van der Waals surface area contributed by atoms with Gasteiger partial charge in [-0.2, -0.15) is 4.21 Å². The number of halogens is 1. The zero-order valence-corrected chi connectivity index (χ0v) is 29.0. The van der Waals surface area contributed by atoms with E-state index in [1.165, 1.54) is 44.9 Å². The third-order valence-electron chi connectivity index (χ3n) is 8.22. The highest BCUT2D eigenvalue weighted by Crippen LogP contribution is 2.35. The zero-order chi connectivity index (χ0) is 33.2. The van der Waals surface area contributed by atoms with Gasteiger partial charge in [0.05, 0.1) is 11.4 Å². The fraction of sp³-hybridized carbons (Fsp3) is 0.500. The number of carboxylic acid groups (broad SMARTS) is 1. The number of nitrogens with zero attached hydrogens (tertiary/aromatic N) is 3. The molecule has 2 heterocycles. The number of unbranched alkanes of at least 4 members (excludes halogenated alkanes) is 9. The minimum absolute atomic E-state index is 0.345. The number of nitrogens with one attached hydrogen (secondary N) is 2. The van der Waals surface area contributed by atoms with Crippen molar-refractivity contribution < 1.29 is 23.0 Å². The van der Waals surface area contributed by atoms with Gasteiger partial charge in [-0.1, -0.05) is 82.4 Å². The van der Waals surface area contributed by atoms with Gasteiger partial charge in [0.15, 0.2) is 17.6 Å². The van der Waals surface area contributed by atoms with Crippen molar-refractivity contribution in [3.8, 4) is 22.9 Å². The summed E-state index contributed by atoms with van der Waals surface area (Å²) in [5, 5.41) is 22.0. The van der Waals surface area contributed by atoms with E-state index in [9.17, 15) is 14.1 Å². The molecular weight excluding hydrogens is 626 g/mol. The van der Waals surface area contributed by atoms with Crippen molar-refractivity contribution in [2.24, 2.45) is 0 Å². The van der Waals surface area contributed by atoms with Crippen LogP contribution in [0.15, 0.2) is 30.3 Å². The maximum atomic E-state index is 13.1. The summed E-state index contributed by atoms with van der Waals surface area (Å²) in [5.74, 6) is 0.377. The molecule has 0 saturated carbocycles. The first-order chi connectivity index (χ1) is 22.1. The molecule has 2 aromatic heterocycles. The second kappa shape index (κ2) is 16.8. The number of fused-ring (bicyclic) bond motifs is 1. The Morgan fingerprint density at radius 3 is 2.20 bits per heavy atom. The number of benzene rings is 2. The average Bonchev–Trinajstić information content (AvgIpc) is 3.54. The van der Waals surface area contributed by atoms with E-state index in [-0.39, 0.29) is 0 Å². The lowest BCUT2D eigenvalue weighted by Gasteiger charge is -2.17. The van der Waals surface area contributed by atoms with E-state index in [0.717, 1.165) is 47.2 Å². The standard InChI is InChI=1S/C34H46ClN5O5S/c1-6-7-8-9-10-11-12-13-14-15-16-28(34(41)42)44-26-17-19-27(20-18-26)45-46(43)39-31-23(3)21-22(2)29(24(31)4)32-36-37-33-30(35)25(5)38-40(32)33/h17-21,28,38-39H,6-16H2,1-5H3,(H,41,42). The number of hydrogen-bond donors (Lipinski definition) is 3. The maximum Gasteiger partial charge on any atom is 0.344 e. The highest BCUT2D eigenvalue weighted by Gasteiger charge is 2.22. The van der Waals surface area contributed by atoms with Crippen LogP contribution in [0.3, 0.4) is 0 Å². The number of aryl methyl sites for hydroxylation is 3. The smallest absolute Gasteiger partial charge is 0.344 e. The van der Waals surface area contributed by atoms with Crippen molar-refractivity contribution in [2.45, 2.75) is 111 Å². The number of rotatable bonds is 19. The van der Waals surface area contributed by atoms with E-state index in [4.69, 9.17) is 20.5 Å². The number of carboxylic acids is 1. The summed E-state index contributed by atoms with van der Waals surface area (Å²) in [6, 6.07) is 8.46. The van der Waals surface area contributed by atoms with Crippen LogP contribution >= 0.6 is 11.6 Å². The molecule has 0 spiro atoms. The van der Waals surface area contributed by atoms with E-state index in [1.54, 1.807) is 28.8 Å². The van der Waals surface area contributed by atoms with Crippen molar-refractivity contribution in [3.05, 3.63) is 57.7 Å². The quantitative estimate of drug-likeness (QED) is 0.0849. The van der Waals surface area contributed by atoms with Gasteiger partial charge in [0.25, 0.3) is 0 Å². The molecule has 10 nitrogen and oxygen atoms in total. The summed E-state index contributed by atoms with van der Waals surface area (Å²) < 4.78 is 29.2. The number of hydrogen-bond acceptors (Lipinski definition) is 6. The highest BCUT2D eigenvalue weighted by atomic mass is 35.5. The molecule has 2 aromatic carbocycles. The number of anilines is 1. The van der Waals surface area contributed by atoms with E-state index in [1.807, 2.05) is 33.8 Å². The summed E-state index contributed by atoms with van der Waals surface area (Å²) >= 11 is 4.45. The fourth-order valence-electron chi connectivity index (χ4n) is 5.75. The first kappa shape index (κ1) is 35.3. The lowest BCUT2D eigenvalue weighted by atomic mass is 9.97. The molecule has 0 aliphatic heterocycles. The lowest BCUT2D eigenvalue weighted by Crippen LogP contribution is -2.26. The van der Waals surface area contributed by atoms with E-state index >= 15 is 0 Å². The number of aromatic amines is 1. The third kappa shape index (κ3) is 9.03. The Balaban J connectivity index is 1.31. The predicted octanol–water partition coefficient (Wildman–Crippen LogP) is 8.82. The molecule has 2 unspecified atom stereocenters. The molecule has 4 aromatic rings. The van der Waals surface area contributed by atoms with Crippen molar-refractivity contribution in [2.75, 3.05) is 4.72 Å². The molecule has 0 bridgehead atoms. The first-order valence-electron chi connectivity index (χ1n) is 16.2. The van der Waals surface area contributed by atoms with Crippen LogP contribution in [0.1, 0.15) is 99.9 Å². The third-order valence-corrected chi connectivity index (χ3v) is 9.39. The van der Waals surface area contributed by atoms with Crippen molar-refractivity contribution in [3.63, 3.8) is 0 Å². The Kier molecular flexibility index (Phi) is 12.9. The monoisotopic (exact) mass is 671 g/mol. The summed E-state index contributed by atoms with van der Waals surface area (Å²) in [6.45, 7) is 9.93. The van der Waals surface area contributed by atoms with Gasteiger partial charge < -0.3 is 14.0 Å². The van der Waals surface area contributed by atoms with Gasteiger partial charge in [-0.25, -0.2) is 9.31 Å². The second-order valence-electron chi connectivity index (χ2n) is 11.9. The lowest BCUT2D eigenvalue weighted by molar-refractivity contribution is -0.145. The van der Waals surface area contributed by atoms with Crippen LogP contribution in [0.2, 0.25) is 5.02 Å². The van der Waals surface area contributed by atoms with Gasteiger partial charge in [-0.3, -0.25) is 9.82 Å². The summed E-state index contributed by atoms with van der Waals surface area (Å²) in [5.41, 5.74) is 5.52. The zero-order valence-electron chi connectivity index (χ0n) is 27.5. The summed E-state index contributed by atoms with van der Waals surface area (Å²) in [6.07, 6.45) is 11.4. The van der Waals surface area contributed by atoms with Crippen LogP contribution in [0, 0.1) is 27.7 Å². The molecular formula is C34H46ClN5O5S. The van der Waals surface area contributed by atoms with Crippen LogP contribution in [-0.2, 0) is 16.1 Å². The van der Waals surface area contributed by atoms with Crippen LogP contribution < -0.4 is 13.6 Å². The number of ether oxygens (including phenoxy) is 1. The Hall–Kier alpha value is -3.57. The Morgan fingerprint density at radius 1 is 0.957 bits per heavy atom. The van der Waals surface area contributed by atoms with E-state index < -0.39 is 23.3 Å². The predicted molar refractivity (Wildman–Crippen MR) is 184 cm³/mol. The largest absolute Gasteiger partial charge is 0.479 e. The molecule has 3 N–H and O–H groups in total. The SMILES string of the molecule is CCCCCCCCCCCCC(Oc1ccc(OS(=O)Nc2c(C)cc(C)c(-c3nnc4c(Cl)c(C)[nH]n34)c2C)cc1)C(=O)O. The van der Waals surface area contributed by atoms with Gasteiger partial charge in [-0.15, -0.1) is 10.2 Å². The number of H-pyrrole nitrogens is 1. The fourth-order valence-corrected chi connectivity index (χ4v) is 6.72. The van der Waals surface area contributed by atoms with Crippen molar-refractivity contribution in [1.29, 1.82) is 0 Å². The minimum atomic E-state index is -1.92. The normalized spacial score (nSPS) is 12.7. The molecule has 2 atom stereocenters. The number of aromatic nitrogens is 4. The maximum absolute atomic E-state index is 13.1. The van der Waals surface area contributed by atoms with Gasteiger partial charge in [0.2, 0.25) is 0 Å². The van der Waals surface area contributed by atoms with E-state index in [2.05, 4.69) is 26.9 Å². The summed E-state index contributed by atoms with van der Waals surface area (Å²) in [4.78, 5) is 11.8. The molecule has 12 heteroatoms. The molecule has 0 fully saturated rings. The molecule has 4 rings (SSSR count). The molecule has 250 valence electrons. The van der Waals surface area contributed by atoms with Crippen LogP contribution in [0.4, 0.5) is 5.69 Å². The second-order valence-corrected chi connectivity index (χ2v) is 13.1. The van der Waals surface area contributed by atoms with Gasteiger partial charge in [0.1, 0.15) is 16.5 Å². The van der Waals surface area contributed by atoms with Gasteiger partial charge in [-0.05, 0) is 81.5 Å². The topological polar surface area (TPSA) is 131 Å². The Bertz CT molecular complexity index is 1640. The van der Waals surface area contributed by atoms with Crippen LogP contribution in [-0.4, -0.2) is 41.2 Å². The number of aliphatic carboxylic acids is 1. The molecule has 0 aliphatic carbocycles. The van der Waals surface area contributed by atoms with Crippen LogP contribution in [0.5, 0.6) is 11.5 Å². The summed E-state index contributed by atoms with van der Waals surface area (Å²) in [7, 11) is 0. The molecule has 0 amide bonds. The van der Waals surface area contributed by atoms with Gasteiger partial charge >= 0.3 is 17.2 Å². The minimum Gasteiger partial charge on any atom is -0.479 e.